The van der Waals surface area contributed by atoms with Crippen LogP contribution in [0.1, 0.15) is 36.8 Å². The largest absolute Gasteiger partial charge is 0.380 e. The van der Waals surface area contributed by atoms with E-state index in [9.17, 15) is 5.11 Å². The van der Waals surface area contributed by atoms with Crippen molar-refractivity contribution in [3.05, 3.63) is 71.8 Å². The number of rotatable bonds is 4. The van der Waals surface area contributed by atoms with E-state index in [1.54, 1.807) is 0 Å². The standard InChI is InChI=1S/C20H25NO.ClH/c1-21-15-9-8-14-19(21)16-20(22,17-10-4-2-5-11-17)18-12-6-3-7-13-18;/h2-7,10-13,19,22H,8-9,14-16H2,1H3;1H. The minimum Gasteiger partial charge on any atom is -0.380 e. The molecule has 0 aromatic heterocycles. The molecule has 124 valence electrons. The van der Waals surface area contributed by atoms with Gasteiger partial charge in [-0.15, -0.1) is 12.4 Å². The second-order valence-corrected chi connectivity index (χ2v) is 6.43. The van der Waals surface area contributed by atoms with Crippen molar-refractivity contribution in [3.8, 4) is 0 Å². The van der Waals surface area contributed by atoms with Gasteiger partial charge in [0, 0.05) is 12.5 Å². The topological polar surface area (TPSA) is 23.5 Å². The molecule has 2 aromatic carbocycles. The number of benzene rings is 2. The van der Waals surface area contributed by atoms with Gasteiger partial charge in [0.1, 0.15) is 5.60 Å². The summed E-state index contributed by atoms with van der Waals surface area (Å²) >= 11 is 0. The average molecular weight is 332 g/mol. The molecule has 1 atom stereocenters. The van der Waals surface area contributed by atoms with Crippen molar-refractivity contribution in [2.75, 3.05) is 13.6 Å². The first-order valence-corrected chi connectivity index (χ1v) is 8.24. The molecule has 0 spiro atoms. The first-order valence-electron chi connectivity index (χ1n) is 8.24. The highest BCUT2D eigenvalue weighted by Gasteiger charge is 2.36. The molecule has 23 heavy (non-hydrogen) atoms. The first-order chi connectivity index (χ1) is 10.7. The average Bonchev–Trinajstić information content (AvgIpc) is 2.58. The fourth-order valence-corrected chi connectivity index (χ4v) is 3.57. The predicted molar refractivity (Wildman–Crippen MR) is 98.0 cm³/mol. The van der Waals surface area contributed by atoms with Crippen LogP contribution in [0.3, 0.4) is 0 Å². The Labute approximate surface area is 145 Å². The van der Waals surface area contributed by atoms with Crippen LogP contribution in [0.4, 0.5) is 0 Å². The third-order valence-corrected chi connectivity index (χ3v) is 4.96. The number of hydrogen-bond acceptors (Lipinski definition) is 2. The van der Waals surface area contributed by atoms with E-state index in [1.165, 1.54) is 19.3 Å². The number of piperidine rings is 1. The zero-order chi connectivity index (χ0) is 15.4. The Morgan fingerprint density at radius 3 is 1.96 bits per heavy atom. The van der Waals surface area contributed by atoms with Crippen molar-refractivity contribution in [3.63, 3.8) is 0 Å². The zero-order valence-corrected chi connectivity index (χ0v) is 14.5. The Hall–Kier alpha value is -1.35. The van der Waals surface area contributed by atoms with E-state index in [-0.39, 0.29) is 12.4 Å². The fourth-order valence-electron chi connectivity index (χ4n) is 3.57. The first kappa shape index (κ1) is 18.0. The molecule has 1 N–H and O–H groups in total. The molecule has 2 aromatic rings. The number of likely N-dealkylation sites (tertiary alicyclic amines) is 1. The highest BCUT2D eigenvalue weighted by Crippen LogP contribution is 2.36. The molecular formula is C20H26ClNO. The molecule has 1 heterocycles. The van der Waals surface area contributed by atoms with E-state index in [4.69, 9.17) is 0 Å². The Balaban J connectivity index is 0.00000192. The van der Waals surface area contributed by atoms with Crippen molar-refractivity contribution < 1.29 is 5.11 Å². The molecule has 3 heteroatoms. The van der Waals surface area contributed by atoms with Gasteiger partial charge >= 0.3 is 0 Å². The van der Waals surface area contributed by atoms with Crippen LogP contribution >= 0.6 is 12.4 Å². The molecule has 0 saturated carbocycles. The molecule has 2 nitrogen and oxygen atoms in total. The number of hydrogen-bond donors (Lipinski definition) is 1. The van der Waals surface area contributed by atoms with E-state index in [2.05, 4.69) is 11.9 Å². The Morgan fingerprint density at radius 2 is 1.48 bits per heavy atom. The lowest BCUT2D eigenvalue weighted by Gasteiger charge is -2.39. The van der Waals surface area contributed by atoms with Gasteiger partial charge in [-0.05, 0) is 37.6 Å². The fraction of sp³-hybridized carbons (Fsp3) is 0.400. The molecule has 0 amide bonds. The van der Waals surface area contributed by atoms with Crippen LogP contribution in [0.15, 0.2) is 60.7 Å². The lowest BCUT2D eigenvalue weighted by Crippen LogP contribution is -2.42. The minimum atomic E-state index is -0.918. The summed E-state index contributed by atoms with van der Waals surface area (Å²) in [6.45, 7) is 1.13. The van der Waals surface area contributed by atoms with Gasteiger partial charge in [0.25, 0.3) is 0 Å². The summed E-state index contributed by atoms with van der Waals surface area (Å²) in [5.74, 6) is 0. The van der Waals surface area contributed by atoms with Gasteiger partial charge in [-0.25, -0.2) is 0 Å². The van der Waals surface area contributed by atoms with Crippen LogP contribution < -0.4 is 0 Å². The van der Waals surface area contributed by atoms with Gasteiger partial charge in [-0.2, -0.15) is 0 Å². The lowest BCUT2D eigenvalue weighted by atomic mass is 9.79. The molecule has 1 aliphatic rings. The maximum absolute atomic E-state index is 11.6. The maximum atomic E-state index is 11.6. The molecule has 1 aliphatic heterocycles. The highest BCUT2D eigenvalue weighted by atomic mass is 35.5. The van der Waals surface area contributed by atoms with Crippen molar-refractivity contribution in [2.24, 2.45) is 0 Å². The van der Waals surface area contributed by atoms with Crippen molar-refractivity contribution >= 4 is 12.4 Å². The molecule has 0 aliphatic carbocycles. The van der Waals surface area contributed by atoms with Gasteiger partial charge in [0.2, 0.25) is 0 Å². The summed E-state index contributed by atoms with van der Waals surface area (Å²) in [5.41, 5.74) is 1.05. The van der Waals surface area contributed by atoms with E-state index in [0.717, 1.165) is 24.1 Å². The third kappa shape index (κ3) is 3.95. The third-order valence-electron chi connectivity index (χ3n) is 4.96. The van der Waals surface area contributed by atoms with E-state index in [1.807, 2.05) is 60.7 Å². The van der Waals surface area contributed by atoms with Crippen LogP contribution in [0.25, 0.3) is 0 Å². The minimum absolute atomic E-state index is 0. The molecule has 0 radical (unpaired) electrons. The second-order valence-electron chi connectivity index (χ2n) is 6.43. The number of halogens is 1. The number of nitrogens with zero attached hydrogens (tertiary/aromatic N) is 1. The van der Waals surface area contributed by atoms with Crippen molar-refractivity contribution in [2.45, 2.75) is 37.3 Å². The normalized spacial score (nSPS) is 19.1. The van der Waals surface area contributed by atoms with E-state index in [0.29, 0.717) is 6.04 Å². The molecule has 0 bridgehead atoms. The van der Waals surface area contributed by atoms with Crippen molar-refractivity contribution in [1.82, 2.24) is 4.90 Å². The van der Waals surface area contributed by atoms with Gasteiger partial charge in [0.15, 0.2) is 0 Å². The van der Waals surface area contributed by atoms with Crippen LogP contribution in [0.2, 0.25) is 0 Å². The molecule has 1 fully saturated rings. The van der Waals surface area contributed by atoms with Crippen LogP contribution in [-0.2, 0) is 5.60 Å². The summed E-state index contributed by atoms with van der Waals surface area (Å²) in [6.07, 6.45) is 4.44. The monoisotopic (exact) mass is 331 g/mol. The molecule has 3 rings (SSSR count). The summed E-state index contributed by atoms with van der Waals surface area (Å²) in [6, 6.07) is 20.6. The second kappa shape index (κ2) is 7.96. The van der Waals surface area contributed by atoms with Crippen LogP contribution in [0, 0.1) is 0 Å². The SMILES string of the molecule is CN1CCCCC1CC(O)(c1ccccc1)c1ccccc1.Cl. The zero-order valence-electron chi connectivity index (χ0n) is 13.7. The van der Waals surface area contributed by atoms with Crippen LogP contribution in [0.5, 0.6) is 0 Å². The Kier molecular flexibility index (Phi) is 6.23. The summed E-state index contributed by atoms with van der Waals surface area (Å²) in [7, 11) is 2.18. The highest BCUT2D eigenvalue weighted by molar-refractivity contribution is 5.85. The molecule has 1 unspecified atom stereocenters. The quantitative estimate of drug-likeness (QED) is 0.906. The van der Waals surface area contributed by atoms with E-state index < -0.39 is 5.60 Å². The maximum Gasteiger partial charge on any atom is 0.116 e. The summed E-state index contributed by atoms with van der Waals surface area (Å²) in [4.78, 5) is 2.40. The Morgan fingerprint density at radius 1 is 0.957 bits per heavy atom. The van der Waals surface area contributed by atoms with Crippen molar-refractivity contribution in [1.29, 1.82) is 0 Å². The molecule has 1 saturated heterocycles. The van der Waals surface area contributed by atoms with Gasteiger partial charge < -0.3 is 10.0 Å². The molecular weight excluding hydrogens is 306 g/mol. The van der Waals surface area contributed by atoms with Crippen LogP contribution in [-0.4, -0.2) is 29.6 Å². The van der Waals surface area contributed by atoms with E-state index >= 15 is 0 Å². The van der Waals surface area contributed by atoms with Gasteiger partial charge in [-0.1, -0.05) is 67.1 Å². The summed E-state index contributed by atoms with van der Waals surface area (Å²) in [5, 5.41) is 11.6. The predicted octanol–water partition coefficient (Wildman–Crippen LogP) is 4.22. The van der Waals surface area contributed by atoms with Gasteiger partial charge in [0.05, 0.1) is 0 Å². The smallest absolute Gasteiger partial charge is 0.116 e. The number of aliphatic hydroxyl groups is 1. The Bertz CT molecular complexity index is 548. The summed E-state index contributed by atoms with van der Waals surface area (Å²) < 4.78 is 0. The van der Waals surface area contributed by atoms with Gasteiger partial charge in [-0.3, -0.25) is 0 Å². The lowest BCUT2D eigenvalue weighted by molar-refractivity contribution is 0.0285.